The molecule has 0 radical (unpaired) electrons. The average Bonchev–Trinajstić information content (AvgIpc) is 3.82. The van der Waals surface area contributed by atoms with Crippen molar-refractivity contribution in [2.75, 3.05) is 46.2 Å². The number of nitrogens with zero attached hydrogens (tertiary/aromatic N) is 2. The van der Waals surface area contributed by atoms with Gasteiger partial charge in [0.1, 0.15) is 12.7 Å². The first-order chi connectivity index (χ1) is 37.0. The molecule has 434 valence electrons. The Labute approximate surface area is 456 Å². The number of pyridine rings is 1. The van der Waals surface area contributed by atoms with E-state index in [1.807, 2.05) is 12.1 Å². The monoisotopic (exact) mass is 1070 g/mol. The fourth-order valence-corrected chi connectivity index (χ4v) is 9.02. The normalized spacial score (nSPS) is 14.2. The Balaban J connectivity index is 2.13. The van der Waals surface area contributed by atoms with Gasteiger partial charge in [0.2, 0.25) is 0 Å². The molecule has 0 aromatic carbocycles. The Hall–Kier alpha value is -4.76. The molecule has 16 nitrogen and oxygen atoms in total. The summed E-state index contributed by atoms with van der Waals surface area (Å²) in [5, 5.41) is 0. The van der Waals surface area contributed by atoms with E-state index in [2.05, 4.69) is 32.7 Å². The van der Waals surface area contributed by atoms with Crippen LogP contribution in [0.1, 0.15) is 239 Å². The highest BCUT2D eigenvalue weighted by atomic mass is 16.6. The van der Waals surface area contributed by atoms with Crippen molar-refractivity contribution in [2.45, 2.75) is 252 Å². The molecule has 1 aliphatic rings. The van der Waals surface area contributed by atoms with Crippen LogP contribution in [0, 0.1) is 11.8 Å². The third-order valence-corrected chi connectivity index (χ3v) is 13.7. The Morgan fingerprint density at radius 2 is 0.855 bits per heavy atom. The molecule has 0 aliphatic carbocycles. The Morgan fingerprint density at radius 3 is 1.26 bits per heavy atom. The molecule has 1 aromatic heterocycles. The number of aryl methyl sites for hydroxylation is 1. The second-order valence-electron chi connectivity index (χ2n) is 20.9. The lowest BCUT2D eigenvalue weighted by Gasteiger charge is -2.24. The summed E-state index contributed by atoms with van der Waals surface area (Å²) in [4.78, 5) is 97.3. The zero-order valence-corrected chi connectivity index (χ0v) is 47.5. The number of carbonyl (C=O) groups excluding carboxylic acids is 7. The molecule has 1 saturated heterocycles. The van der Waals surface area contributed by atoms with E-state index in [9.17, 15) is 33.6 Å². The maximum atomic E-state index is 13.7. The Kier molecular flexibility index (Phi) is 40.1. The lowest BCUT2D eigenvalue weighted by atomic mass is 10.1. The highest BCUT2D eigenvalue weighted by Crippen LogP contribution is 2.25. The summed E-state index contributed by atoms with van der Waals surface area (Å²) in [6, 6.07) is 3.06. The summed E-state index contributed by atoms with van der Waals surface area (Å²) in [5.41, 5.74) is 1.04. The van der Waals surface area contributed by atoms with Crippen LogP contribution in [0.2, 0.25) is 0 Å². The van der Waals surface area contributed by atoms with E-state index >= 15 is 0 Å². The van der Waals surface area contributed by atoms with E-state index < -0.39 is 42.0 Å². The molecule has 0 N–H and O–H groups in total. The van der Waals surface area contributed by atoms with Crippen LogP contribution in [-0.2, 0) is 68.3 Å². The van der Waals surface area contributed by atoms with Gasteiger partial charge in [-0.2, -0.15) is 0 Å². The fraction of sp³-hybridized carbons (Fsp3) is 0.800. The summed E-state index contributed by atoms with van der Waals surface area (Å²) in [5.74, 6) is -4.11. The summed E-state index contributed by atoms with van der Waals surface area (Å²) in [6.07, 6.45) is 28.2. The molecule has 0 unspecified atom stereocenters. The number of likely N-dealkylation sites (tertiary alicyclic amines) is 1. The van der Waals surface area contributed by atoms with Gasteiger partial charge in [-0.25, -0.2) is 4.79 Å². The third-order valence-electron chi connectivity index (χ3n) is 13.7. The van der Waals surface area contributed by atoms with E-state index in [0.717, 1.165) is 134 Å². The van der Waals surface area contributed by atoms with Crippen LogP contribution in [0.3, 0.4) is 0 Å². The summed E-state index contributed by atoms with van der Waals surface area (Å²) < 4.78 is 39.8. The van der Waals surface area contributed by atoms with Crippen molar-refractivity contribution in [1.29, 1.82) is 0 Å². The van der Waals surface area contributed by atoms with Crippen LogP contribution >= 0.6 is 0 Å². The van der Waals surface area contributed by atoms with Crippen LogP contribution in [0.5, 0.6) is 0 Å². The van der Waals surface area contributed by atoms with Crippen molar-refractivity contribution in [2.24, 2.45) is 11.8 Å². The van der Waals surface area contributed by atoms with Gasteiger partial charge in [-0.05, 0) is 56.2 Å². The van der Waals surface area contributed by atoms with Gasteiger partial charge in [-0.15, -0.1) is 0 Å². The Morgan fingerprint density at radius 1 is 0.474 bits per heavy atom. The topological polar surface area (TPSA) is 200 Å². The predicted molar refractivity (Wildman–Crippen MR) is 292 cm³/mol. The number of amides is 1. The molecule has 1 amide bonds. The molecule has 1 aliphatic heterocycles. The SMILES string of the molecule is CCCCCCCCC(=O)OCC(COC(=O)CCCCCCCC)CC(=O)OC[C@@H]1C[C@@H](OC(=O)CC(COC(=O)CCCCCCCC)COC(=O)CCCCCCCC)CN1C(=O)OCCCc1ccncc1. The van der Waals surface area contributed by atoms with Crippen LogP contribution in [0.25, 0.3) is 0 Å². The van der Waals surface area contributed by atoms with E-state index in [-0.39, 0.29) is 115 Å². The van der Waals surface area contributed by atoms with Gasteiger partial charge in [0, 0.05) is 56.3 Å². The minimum atomic E-state index is -0.795. The summed E-state index contributed by atoms with van der Waals surface area (Å²) in [7, 11) is 0. The van der Waals surface area contributed by atoms with Gasteiger partial charge in [0.15, 0.2) is 0 Å². The van der Waals surface area contributed by atoms with Crippen LogP contribution in [-0.4, -0.2) is 110 Å². The summed E-state index contributed by atoms with van der Waals surface area (Å²) >= 11 is 0. The van der Waals surface area contributed by atoms with E-state index in [0.29, 0.717) is 38.5 Å². The van der Waals surface area contributed by atoms with Gasteiger partial charge in [-0.3, -0.25) is 38.7 Å². The molecule has 0 bridgehead atoms. The first kappa shape index (κ1) is 67.3. The lowest BCUT2D eigenvalue weighted by Crippen LogP contribution is -2.40. The van der Waals surface area contributed by atoms with Crippen molar-refractivity contribution < 1.29 is 66.7 Å². The van der Waals surface area contributed by atoms with Crippen molar-refractivity contribution in [3.05, 3.63) is 30.1 Å². The number of aromatic nitrogens is 1. The molecule has 2 heterocycles. The van der Waals surface area contributed by atoms with Crippen molar-refractivity contribution in [1.82, 2.24) is 9.88 Å². The van der Waals surface area contributed by atoms with Gasteiger partial charge < -0.3 is 33.2 Å². The zero-order chi connectivity index (χ0) is 55.3. The molecule has 2 rings (SSSR count). The van der Waals surface area contributed by atoms with E-state index in [4.69, 9.17) is 33.2 Å². The quantitative estimate of drug-likeness (QED) is 0.0339. The second-order valence-corrected chi connectivity index (χ2v) is 20.9. The van der Waals surface area contributed by atoms with Gasteiger partial charge in [0.25, 0.3) is 0 Å². The third kappa shape index (κ3) is 35.5. The number of hydrogen-bond donors (Lipinski definition) is 0. The van der Waals surface area contributed by atoms with Gasteiger partial charge >= 0.3 is 41.9 Å². The Bertz CT molecular complexity index is 1650. The van der Waals surface area contributed by atoms with Gasteiger partial charge in [-0.1, -0.05) is 156 Å². The number of ether oxygens (including phenoxy) is 7. The zero-order valence-electron chi connectivity index (χ0n) is 47.5. The molecule has 1 fully saturated rings. The predicted octanol–water partition coefficient (Wildman–Crippen LogP) is 12.9. The van der Waals surface area contributed by atoms with Crippen molar-refractivity contribution in [3.8, 4) is 0 Å². The maximum absolute atomic E-state index is 13.7. The molecular weight excluding hydrogens is 973 g/mol. The fourth-order valence-electron chi connectivity index (χ4n) is 9.02. The molecule has 16 heteroatoms. The molecule has 76 heavy (non-hydrogen) atoms. The highest BCUT2D eigenvalue weighted by Gasteiger charge is 2.39. The minimum absolute atomic E-state index is 0.0337. The van der Waals surface area contributed by atoms with Crippen molar-refractivity contribution >= 4 is 41.9 Å². The highest BCUT2D eigenvalue weighted by molar-refractivity contribution is 5.73. The van der Waals surface area contributed by atoms with Crippen LogP contribution < -0.4 is 0 Å². The van der Waals surface area contributed by atoms with Gasteiger partial charge in [0.05, 0.1) is 58.5 Å². The first-order valence-electron chi connectivity index (χ1n) is 29.8. The van der Waals surface area contributed by atoms with E-state index in [1.165, 1.54) is 4.90 Å². The maximum Gasteiger partial charge on any atom is 0.410 e. The number of rotatable bonds is 47. The largest absolute Gasteiger partial charge is 0.465 e. The summed E-state index contributed by atoms with van der Waals surface area (Å²) in [6.45, 7) is 7.91. The molecule has 1 aromatic rings. The average molecular weight is 1070 g/mol. The van der Waals surface area contributed by atoms with E-state index in [1.54, 1.807) is 12.4 Å². The number of carbonyl (C=O) groups is 7. The smallest absolute Gasteiger partial charge is 0.410 e. The molecular formula is C60H100N2O14. The lowest BCUT2D eigenvalue weighted by molar-refractivity contribution is -0.157. The number of unbranched alkanes of at least 4 members (excludes halogenated alkanes) is 20. The van der Waals surface area contributed by atoms with Crippen LogP contribution in [0.4, 0.5) is 4.79 Å². The number of hydrogen-bond acceptors (Lipinski definition) is 15. The molecule has 2 atom stereocenters. The minimum Gasteiger partial charge on any atom is -0.465 e. The first-order valence-corrected chi connectivity index (χ1v) is 29.8. The molecule has 0 spiro atoms. The van der Waals surface area contributed by atoms with Crippen LogP contribution in [0.15, 0.2) is 24.5 Å². The second kappa shape index (κ2) is 45.3. The molecule has 0 saturated carbocycles. The van der Waals surface area contributed by atoms with Crippen molar-refractivity contribution in [3.63, 3.8) is 0 Å². The standard InChI is InChI=1S/C60H100N2O14/c1-5-9-13-17-21-25-31-54(63)71-44-50(45-72-55(64)32-26-22-18-14-10-6-2)40-58(67)75-48-52-42-53(43-62(52)60(69)70-39-29-30-49-35-37-61-38-36-49)76-59(68)41-51(46-73-56(65)33-27-23-19-15-11-7-3)47-74-57(66)34-28-24-20-16-12-8-4/h35-38,50-53H,5-34,39-48H2,1-4H3/t52-,53+/m0/s1. The number of esters is 6.